The van der Waals surface area contributed by atoms with Crippen molar-refractivity contribution in [1.82, 2.24) is 20.5 Å². The van der Waals surface area contributed by atoms with E-state index in [1.165, 1.54) is 11.8 Å². The van der Waals surface area contributed by atoms with Crippen molar-refractivity contribution in [3.63, 3.8) is 0 Å². The molecule has 0 bridgehead atoms. The predicted molar refractivity (Wildman–Crippen MR) is 101 cm³/mol. The Bertz CT molecular complexity index is 870. The van der Waals surface area contributed by atoms with Crippen LogP contribution in [-0.4, -0.2) is 26.8 Å². The Morgan fingerprint density at radius 1 is 1.16 bits per heavy atom. The largest absolute Gasteiger partial charge is 0.351 e. The fraction of sp³-hybridized carbons (Fsp3) is 0.118. The minimum atomic E-state index is -0.0790. The van der Waals surface area contributed by atoms with Crippen molar-refractivity contribution >= 4 is 40.9 Å². The molecule has 1 aromatic heterocycles. The number of amides is 1. The summed E-state index contributed by atoms with van der Waals surface area (Å²) in [5.74, 6) is 0.692. The third-order valence-electron chi connectivity index (χ3n) is 3.32. The molecule has 0 saturated heterocycles. The molecular formula is C17H14Cl2N4OS. The molecule has 0 aliphatic carbocycles. The molecule has 2 N–H and O–H groups in total. The molecule has 0 radical (unpaired) electrons. The number of carbonyl (C=O) groups excluding carboxylic acids is 1. The first-order valence-electron chi connectivity index (χ1n) is 7.43. The van der Waals surface area contributed by atoms with Gasteiger partial charge in [0.15, 0.2) is 5.82 Å². The average Bonchev–Trinajstić information content (AvgIpc) is 3.08. The van der Waals surface area contributed by atoms with E-state index in [4.69, 9.17) is 23.2 Å². The maximum absolute atomic E-state index is 11.9. The number of benzene rings is 2. The van der Waals surface area contributed by atoms with E-state index in [2.05, 4.69) is 20.5 Å². The molecule has 0 atom stereocenters. The number of aromatic nitrogens is 3. The fourth-order valence-electron chi connectivity index (χ4n) is 2.09. The van der Waals surface area contributed by atoms with E-state index in [-0.39, 0.29) is 11.7 Å². The molecule has 0 fully saturated rings. The van der Waals surface area contributed by atoms with Crippen LogP contribution in [0, 0.1) is 0 Å². The molecule has 8 heteroatoms. The number of nitrogens with zero attached hydrogens (tertiary/aromatic N) is 2. The lowest BCUT2D eigenvalue weighted by Crippen LogP contribution is -2.24. The molecule has 0 unspecified atom stereocenters. The molecule has 0 saturated carbocycles. The highest BCUT2D eigenvalue weighted by Gasteiger charge is 2.11. The molecule has 2 aromatic carbocycles. The standard InChI is InChI=1S/C17H14Cl2N4OS/c18-12-6-7-13(14(19)8-12)16-21-17(23-22-16)25-10-15(24)20-9-11-4-2-1-3-5-11/h1-8H,9-10H2,(H,20,24)(H,21,22,23). The van der Waals surface area contributed by atoms with Crippen molar-refractivity contribution in [3.05, 3.63) is 64.1 Å². The van der Waals surface area contributed by atoms with Crippen molar-refractivity contribution in [1.29, 1.82) is 0 Å². The Morgan fingerprint density at radius 3 is 2.72 bits per heavy atom. The molecular weight excluding hydrogens is 379 g/mol. The summed E-state index contributed by atoms with van der Waals surface area (Å²) in [6, 6.07) is 14.9. The number of thioether (sulfide) groups is 1. The topological polar surface area (TPSA) is 70.7 Å². The van der Waals surface area contributed by atoms with Gasteiger partial charge in [-0.15, -0.1) is 5.10 Å². The van der Waals surface area contributed by atoms with Gasteiger partial charge in [0.05, 0.1) is 10.8 Å². The highest BCUT2D eigenvalue weighted by atomic mass is 35.5. The van der Waals surface area contributed by atoms with Crippen LogP contribution in [0.3, 0.4) is 0 Å². The Balaban J connectivity index is 1.54. The summed E-state index contributed by atoms with van der Waals surface area (Å²) >= 11 is 13.3. The number of nitrogens with one attached hydrogen (secondary N) is 2. The molecule has 0 aliphatic heterocycles. The van der Waals surface area contributed by atoms with E-state index in [0.717, 1.165) is 5.56 Å². The molecule has 25 heavy (non-hydrogen) atoms. The normalized spacial score (nSPS) is 10.6. The maximum Gasteiger partial charge on any atom is 0.230 e. The van der Waals surface area contributed by atoms with Crippen molar-refractivity contribution in [2.75, 3.05) is 5.75 Å². The van der Waals surface area contributed by atoms with Gasteiger partial charge in [0.2, 0.25) is 11.1 Å². The minimum absolute atomic E-state index is 0.0790. The summed E-state index contributed by atoms with van der Waals surface area (Å²) < 4.78 is 0. The highest BCUT2D eigenvalue weighted by Crippen LogP contribution is 2.28. The van der Waals surface area contributed by atoms with E-state index in [1.54, 1.807) is 18.2 Å². The molecule has 3 aromatic rings. The second kappa shape index (κ2) is 8.38. The number of hydrogen-bond acceptors (Lipinski definition) is 4. The van der Waals surface area contributed by atoms with Gasteiger partial charge in [-0.05, 0) is 23.8 Å². The van der Waals surface area contributed by atoms with Gasteiger partial charge in [0.1, 0.15) is 0 Å². The fourth-order valence-corrected chi connectivity index (χ4v) is 3.22. The van der Waals surface area contributed by atoms with Crippen molar-refractivity contribution in [2.24, 2.45) is 0 Å². The van der Waals surface area contributed by atoms with Crippen LogP contribution in [0.2, 0.25) is 10.0 Å². The third kappa shape index (κ3) is 4.98. The number of halogens is 2. The molecule has 5 nitrogen and oxygen atoms in total. The van der Waals surface area contributed by atoms with Gasteiger partial charge in [-0.2, -0.15) is 0 Å². The van der Waals surface area contributed by atoms with Crippen LogP contribution in [0.4, 0.5) is 0 Å². The summed E-state index contributed by atoms with van der Waals surface area (Å²) in [7, 11) is 0. The van der Waals surface area contributed by atoms with Gasteiger partial charge in [0.25, 0.3) is 0 Å². The zero-order valence-corrected chi connectivity index (χ0v) is 15.3. The number of carbonyl (C=O) groups is 1. The number of aromatic amines is 1. The molecule has 1 heterocycles. The lowest BCUT2D eigenvalue weighted by Gasteiger charge is -2.03. The molecule has 0 aliphatic rings. The van der Waals surface area contributed by atoms with Crippen LogP contribution < -0.4 is 5.32 Å². The van der Waals surface area contributed by atoms with Crippen molar-refractivity contribution in [2.45, 2.75) is 11.7 Å². The quantitative estimate of drug-likeness (QED) is 0.617. The van der Waals surface area contributed by atoms with Gasteiger partial charge < -0.3 is 5.32 Å². The van der Waals surface area contributed by atoms with Crippen LogP contribution in [0.5, 0.6) is 0 Å². The molecule has 0 spiro atoms. The van der Waals surface area contributed by atoms with E-state index >= 15 is 0 Å². The third-order valence-corrected chi connectivity index (χ3v) is 4.71. The van der Waals surface area contributed by atoms with E-state index < -0.39 is 0 Å². The Labute approximate surface area is 159 Å². The molecule has 128 valence electrons. The molecule has 3 rings (SSSR count). The first kappa shape index (κ1) is 17.8. The maximum atomic E-state index is 11.9. The van der Waals surface area contributed by atoms with Gasteiger partial charge in [-0.25, -0.2) is 4.98 Å². The van der Waals surface area contributed by atoms with Gasteiger partial charge in [-0.1, -0.05) is 65.3 Å². The van der Waals surface area contributed by atoms with Gasteiger partial charge in [0, 0.05) is 17.1 Å². The van der Waals surface area contributed by atoms with Crippen LogP contribution in [0.1, 0.15) is 5.56 Å². The average molecular weight is 393 g/mol. The Kier molecular flexibility index (Phi) is 5.96. The van der Waals surface area contributed by atoms with Crippen molar-refractivity contribution in [3.8, 4) is 11.4 Å². The summed E-state index contributed by atoms with van der Waals surface area (Å²) in [5, 5.41) is 11.3. The van der Waals surface area contributed by atoms with Crippen LogP contribution >= 0.6 is 35.0 Å². The van der Waals surface area contributed by atoms with Crippen LogP contribution in [0.15, 0.2) is 53.7 Å². The summed E-state index contributed by atoms with van der Waals surface area (Å²) in [4.78, 5) is 16.3. The highest BCUT2D eigenvalue weighted by molar-refractivity contribution is 7.99. The zero-order valence-electron chi connectivity index (χ0n) is 13.0. The number of hydrogen-bond donors (Lipinski definition) is 2. The lowest BCUT2D eigenvalue weighted by molar-refractivity contribution is -0.118. The lowest BCUT2D eigenvalue weighted by atomic mass is 10.2. The predicted octanol–water partition coefficient (Wildman–Crippen LogP) is 4.19. The van der Waals surface area contributed by atoms with E-state index in [9.17, 15) is 4.79 Å². The number of H-pyrrole nitrogens is 1. The first-order valence-corrected chi connectivity index (χ1v) is 9.17. The van der Waals surface area contributed by atoms with Crippen LogP contribution in [-0.2, 0) is 11.3 Å². The smallest absolute Gasteiger partial charge is 0.230 e. The Morgan fingerprint density at radius 2 is 1.96 bits per heavy atom. The summed E-state index contributed by atoms with van der Waals surface area (Å²) in [5.41, 5.74) is 1.76. The molecule has 1 amide bonds. The minimum Gasteiger partial charge on any atom is -0.351 e. The number of rotatable bonds is 6. The van der Waals surface area contributed by atoms with E-state index in [1.807, 2.05) is 30.3 Å². The van der Waals surface area contributed by atoms with Crippen LogP contribution in [0.25, 0.3) is 11.4 Å². The van der Waals surface area contributed by atoms with Gasteiger partial charge >= 0.3 is 0 Å². The first-order chi connectivity index (χ1) is 12.1. The van der Waals surface area contributed by atoms with Crippen molar-refractivity contribution < 1.29 is 4.79 Å². The Hall–Kier alpha value is -2.02. The second-order valence-electron chi connectivity index (χ2n) is 5.14. The van der Waals surface area contributed by atoms with E-state index in [0.29, 0.717) is 33.1 Å². The zero-order chi connectivity index (χ0) is 17.6. The van der Waals surface area contributed by atoms with Gasteiger partial charge in [-0.3, -0.25) is 9.89 Å². The monoisotopic (exact) mass is 392 g/mol. The SMILES string of the molecule is O=C(CSc1n[nH]c(-c2ccc(Cl)cc2Cl)n1)NCc1ccccc1. The summed E-state index contributed by atoms with van der Waals surface area (Å²) in [6.07, 6.45) is 0. The summed E-state index contributed by atoms with van der Waals surface area (Å²) in [6.45, 7) is 0.500. The second-order valence-corrected chi connectivity index (χ2v) is 6.93.